The molecule has 0 aromatic heterocycles. The molecule has 0 saturated carbocycles. The molecule has 1 rings (SSSR count). The van der Waals surface area contributed by atoms with Gasteiger partial charge in [0.1, 0.15) is 0 Å². The zero-order valence-corrected chi connectivity index (χ0v) is 12.6. The van der Waals surface area contributed by atoms with Gasteiger partial charge in [-0.25, -0.2) is 0 Å². The van der Waals surface area contributed by atoms with Gasteiger partial charge in [-0.05, 0) is 0 Å². The van der Waals surface area contributed by atoms with Crippen molar-refractivity contribution >= 4 is 25.9 Å². The molecule has 1 unspecified atom stereocenters. The number of Topliss-reactive ketones (excluding diaryl/α,β-unsaturated/α-hetero) is 1. The Bertz CT molecular complexity index is 280. The summed E-state index contributed by atoms with van der Waals surface area (Å²) in [7, 11) is 0. The van der Waals surface area contributed by atoms with Crippen molar-refractivity contribution in [2.45, 2.75) is 47.0 Å². The van der Waals surface area contributed by atoms with E-state index in [4.69, 9.17) is 0 Å². The van der Waals surface area contributed by atoms with Gasteiger partial charge >= 0.3 is 107 Å². The average molecular weight is 288 g/mol. The Balaban J connectivity index is 2.64. The van der Waals surface area contributed by atoms with Gasteiger partial charge in [-0.3, -0.25) is 0 Å². The van der Waals surface area contributed by atoms with Gasteiger partial charge in [-0.2, -0.15) is 0 Å². The standard InChI is InChI=1S/C13H23NOSe/c1-10(15)9-13(3,4)11(2)12(16)14-7-5-6-8-14/h11H,5-9H2,1-4H3. The summed E-state index contributed by atoms with van der Waals surface area (Å²) >= 11 is 3.23. The van der Waals surface area contributed by atoms with Crippen molar-refractivity contribution in [3.63, 3.8) is 0 Å². The summed E-state index contributed by atoms with van der Waals surface area (Å²) in [6.45, 7) is 10.6. The van der Waals surface area contributed by atoms with Crippen LogP contribution in [0.4, 0.5) is 0 Å². The van der Waals surface area contributed by atoms with E-state index in [-0.39, 0.29) is 11.2 Å². The molecule has 1 atom stereocenters. The van der Waals surface area contributed by atoms with E-state index in [1.807, 2.05) is 0 Å². The van der Waals surface area contributed by atoms with Gasteiger partial charge in [0.25, 0.3) is 0 Å². The molecule has 0 amide bonds. The van der Waals surface area contributed by atoms with Crippen molar-refractivity contribution in [2.24, 2.45) is 11.3 Å². The first-order valence-electron chi connectivity index (χ1n) is 6.13. The maximum atomic E-state index is 11.3. The van der Waals surface area contributed by atoms with E-state index in [1.54, 1.807) is 6.92 Å². The van der Waals surface area contributed by atoms with Crippen LogP contribution in [0.1, 0.15) is 47.0 Å². The van der Waals surface area contributed by atoms with Crippen molar-refractivity contribution in [1.82, 2.24) is 4.90 Å². The summed E-state index contributed by atoms with van der Waals surface area (Å²) in [5.74, 6) is 0.709. The number of likely N-dealkylation sites (tertiary alicyclic amines) is 1. The second kappa shape index (κ2) is 5.46. The second-order valence-electron chi connectivity index (χ2n) is 5.62. The fourth-order valence-corrected chi connectivity index (χ4v) is 3.39. The molecular formula is C13H23NOSe. The Morgan fingerprint density at radius 2 is 1.88 bits per heavy atom. The number of carbonyl (C=O) groups excluding carboxylic acids is 1. The molecule has 1 aliphatic heterocycles. The fraction of sp³-hybridized carbons (Fsp3) is 0.846. The SMILES string of the molecule is CC(=O)CC(C)(C)C(C)C(=[Se])N1CCCC1. The van der Waals surface area contributed by atoms with Crippen LogP contribution in [0, 0.1) is 11.3 Å². The summed E-state index contributed by atoms with van der Waals surface area (Å²) in [6, 6.07) is 0. The molecule has 3 heteroatoms. The minimum atomic E-state index is 0.0506. The number of hydrogen-bond donors (Lipinski definition) is 0. The molecule has 0 radical (unpaired) electrons. The Morgan fingerprint density at radius 3 is 2.31 bits per heavy atom. The first kappa shape index (κ1) is 13.9. The Kier molecular flexibility index (Phi) is 4.75. The summed E-state index contributed by atoms with van der Waals surface area (Å²) < 4.78 is 1.34. The molecule has 1 saturated heterocycles. The van der Waals surface area contributed by atoms with Gasteiger partial charge in [0.05, 0.1) is 0 Å². The van der Waals surface area contributed by atoms with E-state index < -0.39 is 0 Å². The summed E-state index contributed by atoms with van der Waals surface area (Å²) in [5, 5.41) is 0. The molecule has 16 heavy (non-hydrogen) atoms. The third-order valence-corrected chi connectivity index (χ3v) is 4.95. The van der Waals surface area contributed by atoms with Gasteiger partial charge in [-0.1, -0.05) is 0 Å². The average Bonchev–Trinajstić information content (AvgIpc) is 2.66. The number of nitrogens with zero attached hydrogens (tertiary/aromatic N) is 1. The normalized spacial score (nSPS) is 18.6. The van der Waals surface area contributed by atoms with Crippen molar-refractivity contribution in [2.75, 3.05) is 13.1 Å². The molecule has 1 heterocycles. The van der Waals surface area contributed by atoms with Gasteiger partial charge in [-0.15, -0.1) is 0 Å². The van der Waals surface area contributed by atoms with Crippen LogP contribution >= 0.6 is 0 Å². The van der Waals surface area contributed by atoms with Crippen LogP contribution in [0.15, 0.2) is 0 Å². The van der Waals surface area contributed by atoms with Crippen molar-refractivity contribution in [3.05, 3.63) is 0 Å². The molecule has 1 fully saturated rings. The van der Waals surface area contributed by atoms with Crippen LogP contribution in [0.2, 0.25) is 0 Å². The zero-order chi connectivity index (χ0) is 12.3. The molecule has 0 bridgehead atoms. The topological polar surface area (TPSA) is 20.3 Å². The molecule has 0 aromatic carbocycles. The van der Waals surface area contributed by atoms with Crippen molar-refractivity contribution in [3.8, 4) is 0 Å². The third kappa shape index (κ3) is 3.43. The Hall–Kier alpha value is -0.141. The Morgan fingerprint density at radius 1 is 1.38 bits per heavy atom. The van der Waals surface area contributed by atoms with E-state index in [2.05, 4.69) is 41.2 Å². The summed E-state index contributed by atoms with van der Waals surface area (Å²) in [4.78, 5) is 13.7. The predicted molar refractivity (Wildman–Crippen MR) is 69.8 cm³/mol. The fourth-order valence-electron chi connectivity index (χ4n) is 2.34. The quantitative estimate of drug-likeness (QED) is 0.721. The van der Waals surface area contributed by atoms with Gasteiger partial charge in [0.2, 0.25) is 0 Å². The summed E-state index contributed by atoms with van der Waals surface area (Å²) in [6.07, 6.45) is 3.25. The monoisotopic (exact) mass is 289 g/mol. The van der Waals surface area contributed by atoms with Crippen molar-refractivity contribution in [1.29, 1.82) is 0 Å². The van der Waals surface area contributed by atoms with E-state index in [0.29, 0.717) is 12.3 Å². The molecule has 0 aromatic rings. The van der Waals surface area contributed by atoms with Crippen LogP contribution in [0.3, 0.4) is 0 Å². The molecule has 0 N–H and O–H groups in total. The van der Waals surface area contributed by atoms with Gasteiger partial charge in [0, 0.05) is 0 Å². The number of ketones is 1. The van der Waals surface area contributed by atoms with Crippen LogP contribution in [0.5, 0.6) is 0 Å². The predicted octanol–water partition coefficient (Wildman–Crippen LogP) is 2.02. The van der Waals surface area contributed by atoms with Crippen LogP contribution in [-0.4, -0.2) is 43.9 Å². The molecular weight excluding hydrogens is 265 g/mol. The molecule has 1 aliphatic rings. The number of carbonyl (C=O) groups is 1. The summed E-state index contributed by atoms with van der Waals surface area (Å²) in [5.41, 5.74) is 0.0506. The molecule has 0 spiro atoms. The number of hydrogen-bond acceptors (Lipinski definition) is 2. The third-order valence-electron chi connectivity index (χ3n) is 3.66. The van der Waals surface area contributed by atoms with E-state index >= 15 is 0 Å². The first-order valence-corrected chi connectivity index (χ1v) is 6.98. The Labute approximate surface area is 107 Å². The molecule has 92 valence electrons. The van der Waals surface area contributed by atoms with Crippen LogP contribution < -0.4 is 0 Å². The molecule has 2 nitrogen and oxygen atoms in total. The van der Waals surface area contributed by atoms with Crippen molar-refractivity contribution < 1.29 is 4.79 Å². The second-order valence-corrected chi connectivity index (χ2v) is 6.50. The maximum absolute atomic E-state index is 11.3. The molecule has 0 aliphatic carbocycles. The van der Waals surface area contributed by atoms with Crippen LogP contribution in [-0.2, 0) is 4.79 Å². The van der Waals surface area contributed by atoms with E-state index in [9.17, 15) is 4.79 Å². The van der Waals surface area contributed by atoms with Gasteiger partial charge < -0.3 is 0 Å². The minimum absolute atomic E-state index is 0.0506. The first-order chi connectivity index (χ1) is 7.34. The zero-order valence-electron chi connectivity index (χ0n) is 10.9. The van der Waals surface area contributed by atoms with E-state index in [0.717, 1.165) is 0 Å². The van der Waals surface area contributed by atoms with E-state index in [1.165, 1.54) is 30.5 Å². The number of rotatable bonds is 5. The van der Waals surface area contributed by atoms with Crippen LogP contribution in [0.25, 0.3) is 0 Å². The van der Waals surface area contributed by atoms with Gasteiger partial charge in [0.15, 0.2) is 0 Å².